The summed E-state index contributed by atoms with van der Waals surface area (Å²) in [6.07, 6.45) is 0. The lowest BCUT2D eigenvalue weighted by Crippen LogP contribution is -2.21. The van der Waals surface area contributed by atoms with E-state index in [1.54, 1.807) is 0 Å². The first kappa shape index (κ1) is 12.7. The van der Waals surface area contributed by atoms with E-state index in [0.717, 1.165) is 0 Å². The van der Waals surface area contributed by atoms with Crippen molar-refractivity contribution in [3.63, 3.8) is 0 Å². The number of amides is 1. The van der Waals surface area contributed by atoms with Crippen molar-refractivity contribution in [1.29, 1.82) is 0 Å². The van der Waals surface area contributed by atoms with Crippen LogP contribution in [0.3, 0.4) is 0 Å². The molecule has 0 saturated heterocycles. The first-order chi connectivity index (χ1) is 5.78. The van der Waals surface area contributed by atoms with E-state index in [0.29, 0.717) is 0 Å². The van der Waals surface area contributed by atoms with Gasteiger partial charge in [0, 0.05) is 7.05 Å². The molecular weight excluding hydrogens is 244 g/mol. The summed E-state index contributed by atoms with van der Waals surface area (Å²) in [5, 5.41) is 2.03. The van der Waals surface area contributed by atoms with E-state index < -0.39 is 24.0 Å². The third kappa shape index (κ3) is 5.13. The number of carbonyl (C=O) groups is 1. The van der Waals surface area contributed by atoms with Gasteiger partial charge >= 0.3 is 7.82 Å². The second kappa shape index (κ2) is 4.83. The van der Waals surface area contributed by atoms with Gasteiger partial charge in [-0.2, -0.15) is 0 Å². The van der Waals surface area contributed by atoms with Crippen LogP contribution in [-0.4, -0.2) is 22.7 Å². The molecule has 1 amide bonds. The number of hydrogen-bond donors (Lipinski definition) is 3. The van der Waals surface area contributed by atoms with E-state index >= 15 is 0 Å². The molecule has 0 saturated carbocycles. The molecule has 0 bridgehead atoms. The number of hydrogen-bond acceptors (Lipinski definition) is 3. The fraction of sp³-hybridized carbons (Fsp3) is 0.250. The molecule has 3 N–H and O–H groups in total. The van der Waals surface area contributed by atoms with Gasteiger partial charge in [0.05, 0.1) is 0 Å². The molecule has 0 aliphatic carbocycles. The normalized spacial score (nSPS) is 10.5. The molecule has 0 spiro atoms. The Morgan fingerprint density at radius 2 is 1.92 bits per heavy atom. The molecule has 9 heteroatoms. The first-order valence-corrected chi connectivity index (χ1v) is 5.09. The van der Waals surface area contributed by atoms with Gasteiger partial charge in [-0.3, -0.25) is 14.6 Å². The standard InChI is InChI=1S/C4H6Cl2NO5P/c1-7-4(8)2(3(5)6)12-13(9,10)11/h1H3,(H,7,8)(H2,9,10,11). The maximum absolute atomic E-state index is 10.8. The minimum absolute atomic E-state index is 0.664. The largest absolute Gasteiger partial charge is 0.525 e. The van der Waals surface area contributed by atoms with Crippen molar-refractivity contribution in [3.05, 3.63) is 10.3 Å². The van der Waals surface area contributed by atoms with E-state index in [2.05, 4.69) is 4.52 Å². The number of rotatable bonds is 3. The van der Waals surface area contributed by atoms with Crippen molar-refractivity contribution in [1.82, 2.24) is 5.32 Å². The smallest absolute Gasteiger partial charge is 0.396 e. The third-order valence-corrected chi connectivity index (χ3v) is 1.58. The Morgan fingerprint density at radius 1 is 1.46 bits per heavy atom. The molecule has 0 aliphatic heterocycles. The lowest BCUT2D eigenvalue weighted by atomic mass is 10.5. The number of carbonyl (C=O) groups excluding carboxylic acids is 1. The fourth-order valence-corrected chi connectivity index (χ4v) is 1.16. The van der Waals surface area contributed by atoms with E-state index in [9.17, 15) is 9.36 Å². The maximum atomic E-state index is 10.8. The molecule has 0 aliphatic rings. The predicted molar refractivity (Wildman–Crippen MR) is 45.9 cm³/mol. The Balaban J connectivity index is 4.79. The van der Waals surface area contributed by atoms with Gasteiger partial charge in [0.15, 0.2) is 4.49 Å². The van der Waals surface area contributed by atoms with Gasteiger partial charge in [-0.15, -0.1) is 0 Å². The summed E-state index contributed by atoms with van der Waals surface area (Å²) in [4.78, 5) is 27.5. The molecule has 0 atom stereocenters. The molecule has 0 unspecified atom stereocenters. The molecule has 0 aromatic rings. The van der Waals surface area contributed by atoms with Crippen molar-refractivity contribution in [2.75, 3.05) is 7.05 Å². The SMILES string of the molecule is CNC(=O)C(OP(=O)(O)O)=C(Cl)Cl. The number of nitrogens with one attached hydrogen (secondary N) is 1. The van der Waals surface area contributed by atoms with E-state index in [1.165, 1.54) is 7.05 Å². The van der Waals surface area contributed by atoms with Crippen LogP contribution in [0.5, 0.6) is 0 Å². The topological polar surface area (TPSA) is 95.9 Å². The Kier molecular flexibility index (Phi) is 4.74. The minimum atomic E-state index is -4.83. The summed E-state index contributed by atoms with van der Waals surface area (Å²) in [6.45, 7) is 0. The van der Waals surface area contributed by atoms with Gasteiger partial charge in [-0.25, -0.2) is 4.57 Å². The van der Waals surface area contributed by atoms with Gasteiger partial charge < -0.3 is 9.84 Å². The summed E-state index contributed by atoms with van der Waals surface area (Å²) in [5.74, 6) is -1.75. The van der Waals surface area contributed by atoms with Gasteiger partial charge in [0.25, 0.3) is 5.91 Å². The van der Waals surface area contributed by atoms with Gasteiger partial charge in [0.1, 0.15) is 0 Å². The van der Waals surface area contributed by atoms with Crippen molar-refractivity contribution < 1.29 is 23.7 Å². The first-order valence-electron chi connectivity index (χ1n) is 2.80. The number of phosphoric acid groups is 1. The maximum Gasteiger partial charge on any atom is 0.525 e. The highest BCUT2D eigenvalue weighted by atomic mass is 35.5. The van der Waals surface area contributed by atoms with Gasteiger partial charge in [-0.1, -0.05) is 23.2 Å². The molecule has 6 nitrogen and oxygen atoms in total. The summed E-state index contributed by atoms with van der Waals surface area (Å²) >= 11 is 10.3. The summed E-state index contributed by atoms with van der Waals surface area (Å²) < 4.78 is 13.6. The summed E-state index contributed by atoms with van der Waals surface area (Å²) in [7, 11) is -3.61. The van der Waals surface area contributed by atoms with Crippen LogP contribution in [0.2, 0.25) is 0 Å². The Morgan fingerprint density at radius 3 is 2.15 bits per heavy atom. The van der Waals surface area contributed by atoms with Crippen LogP contribution in [0.1, 0.15) is 0 Å². The lowest BCUT2D eigenvalue weighted by Gasteiger charge is -2.08. The Bertz CT molecular complexity index is 280. The lowest BCUT2D eigenvalue weighted by molar-refractivity contribution is -0.119. The minimum Gasteiger partial charge on any atom is -0.396 e. The second-order valence-corrected chi connectivity index (χ2v) is 3.86. The highest BCUT2D eigenvalue weighted by molar-refractivity contribution is 7.46. The van der Waals surface area contributed by atoms with Crippen molar-refractivity contribution >= 4 is 36.9 Å². The highest BCUT2D eigenvalue weighted by Gasteiger charge is 2.24. The highest BCUT2D eigenvalue weighted by Crippen LogP contribution is 2.40. The van der Waals surface area contributed by atoms with Crippen molar-refractivity contribution in [3.8, 4) is 0 Å². The van der Waals surface area contributed by atoms with Crippen LogP contribution in [0.4, 0.5) is 0 Å². The predicted octanol–water partition coefficient (Wildman–Crippen LogP) is 0.488. The van der Waals surface area contributed by atoms with Crippen LogP contribution in [-0.2, 0) is 13.9 Å². The van der Waals surface area contributed by atoms with Crippen LogP contribution < -0.4 is 5.32 Å². The third-order valence-electron chi connectivity index (χ3n) is 0.815. The number of halogens is 2. The molecule has 76 valence electrons. The van der Waals surface area contributed by atoms with Crippen LogP contribution in [0.15, 0.2) is 10.3 Å². The number of likely N-dealkylation sites (N-methyl/N-ethyl adjacent to an activating group) is 1. The zero-order valence-corrected chi connectivity index (χ0v) is 8.73. The van der Waals surface area contributed by atoms with Crippen molar-refractivity contribution in [2.45, 2.75) is 0 Å². The summed E-state index contributed by atoms with van der Waals surface area (Å²) in [5.41, 5.74) is 0. The fourth-order valence-electron chi connectivity index (χ4n) is 0.394. The average molecular weight is 250 g/mol. The van der Waals surface area contributed by atoms with E-state index in [4.69, 9.17) is 33.0 Å². The molecule has 0 aromatic heterocycles. The average Bonchev–Trinajstić information content (AvgIpc) is 1.96. The molecule has 0 rings (SSSR count). The molecule has 0 radical (unpaired) electrons. The van der Waals surface area contributed by atoms with Crippen LogP contribution in [0, 0.1) is 0 Å². The summed E-state index contributed by atoms with van der Waals surface area (Å²) in [6, 6.07) is 0. The second-order valence-electron chi connectivity index (χ2n) is 1.75. The Labute approximate surface area is 83.7 Å². The molecule has 13 heavy (non-hydrogen) atoms. The van der Waals surface area contributed by atoms with Crippen LogP contribution in [0.25, 0.3) is 0 Å². The van der Waals surface area contributed by atoms with E-state index in [1.807, 2.05) is 5.32 Å². The van der Waals surface area contributed by atoms with Gasteiger partial charge in [0.2, 0.25) is 5.76 Å². The zero-order valence-electron chi connectivity index (χ0n) is 6.32. The van der Waals surface area contributed by atoms with Crippen LogP contribution >= 0.6 is 31.0 Å². The quantitative estimate of drug-likeness (QED) is 0.384. The van der Waals surface area contributed by atoms with Gasteiger partial charge in [-0.05, 0) is 0 Å². The zero-order chi connectivity index (χ0) is 10.6. The van der Waals surface area contributed by atoms with E-state index in [-0.39, 0.29) is 0 Å². The molecule has 0 heterocycles. The molecule has 0 fully saturated rings. The van der Waals surface area contributed by atoms with Crippen molar-refractivity contribution in [2.24, 2.45) is 0 Å². The molecular formula is C4H6Cl2NO5P. The number of phosphoric ester groups is 1. The monoisotopic (exact) mass is 249 g/mol. The molecule has 0 aromatic carbocycles. The Hall–Kier alpha value is -0.260.